The van der Waals surface area contributed by atoms with Crippen LogP contribution in [0.4, 0.5) is 5.69 Å². The van der Waals surface area contributed by atoms with Crippen molar-refractivity contribution in [3.8, 4) is 0 Å². The van der Waals surface area contributed by atoms with Gasteiger partial charge in [-0.1, -0.05) is 32.0 Å². The van der Waals surface area contributed by atoms with E-state index in [1.165, 1.54) is 16.9 Å². The molecule has 5 nitrogen and oxygen atoms in total. The number of likely N-dealkylation sites (tertiary alicyclic amines) is 1. The van der Waals surface area contributed by atoms with Gasteiger partial charge in [-0.2, -0.15) is 0 Å². The first-order chi connectivity index (χ1) is 13.6. The number of nitrogens with zero attached hydrogens (tertiary/aromatic N) is 2. The molecule has 1 saturated heterocycles. The number of amides is 2. The lowest BCUT2D eigenvalue weighted by Crippen LogP contribution is -2.43. The first kappa shape index (κ1) is 20.6. The molecule has 0 spiro atoms. The van der Waals surface area contributed by atoms with Crippen LogP contribution in [0.1, 0.15) is 41.9 Å². The molecule has 1 aliphatic rings. The topological polar surface area (TPSA) is 52.7 Å². The fourth-order valence-electron chi connectivity index (χ4n) is 3.63. The molecule has 1 aromatic carbocycles. The summed E-state index contributed by atoms with van der Waals surface area (Å²) in [6.07, 6.45) is 1.68. The van der Waals surface area contributed by atoms with Crippen molar-refractivity contribution in [3.63, 3.8) is 0 Å². The van der Waals surface area contributed by atoms with E-state index in [4.69, 9.17) is 0 Å². The zero-order valence-electron chi connectivity index (χ0n) is 16.7. The van der Waals surface area contributed by atoms with Crippen LogP contribution in [-0.4, -0.2) is 47.8 Å². The molecule has 0 saturated carbocycles. The summed E-state index contributed by atoms with van der Waals surface area (Å²) in [4.78, 5) is 30.3. The summed E-state index contributed by atoms with van der Waals surface area (Å²) in [6, 6.07) is 11.8. The second kappa shape index (κ2) is 9.85. The Hall–Kier alpha value is -2.18. The minimum Gasteiger partial charge on any atom is -0.337 e. The van der Waals surface area contributed by atoms with E-state index < -0.39 is 0 Å². The van der Waals surface area contributed by atoms with Crippen LogP contribution in [-0.2, 0) is 11.3 Å². The van der Waals surface area contributed by atoms with Gasteiger partial charge in [-0.15, -0.1) is 11.3 Å². The zero-order valence-corrected chi connectivity index (χ0v) is 17.5. The van der Waals surface area contributed by atoms with Crippen molar-refractivity contribution in [2.75, 3.05) is 31.5 Å². The second-order valence-electron chi connectivity index (χ2n) is 7.22. The predicted octanol–water partition coefficient (Wildman–Crippen LogP) is 4.08. The quantitative estimate of drug-likeness (QED) is 0.763. The summed E-state index contributed by atoms with van der Waals surface area (Å²) in [5, 5.41) is 4.97. The van der Waals surface area contributed by atoms with Crippen LogP contribution in [0.2, 0.25) is 0 Å². The van der Waals surface area contributed by atoms with Gasteiger partial charge in [-0.25, -0.2) is 0 Å². The van der Waals surface area contributed by atoms with Crippen molar-refractivity contribution in [2.45, 2.75) is 33.2 Å². The molecule has 6 heteroatoms. The van der Waals surface area contributed by atoms with E-state index in [9.17, 15) is 9.59 Å². The van der Waals surface area contributed by atoms with E-state index in [2.05, 4.69) is 30.1 Å². The van der Waals surface area contributed by atoms with Crippen LogP contribution < -0.4 is 5.32 Å². The van der Waals surface area contributed by atoms with E-state index in [-0.39, 0.29) is 17.7 Å². The SMILES string of the molecule is CCN(CC)Cc1cccc(NC(=O)C2CCCN(C(=O)c3cccs3)C2)c1. The Kier molecular flexibility index (Phi) is 7.23. The molecule has 0 aliphatic carbocycles. The lowest BCUT2D eigenvalue weighted by Gasteiger charge is -2.31. The monoisotopic (exact) mass is 399 g/mol. The number of nitrogens with one attached hydrogen (secondary N) is 1. The summed E-state index contributed by atoms with van der Waals surface area (Å²) in [7, 11) is 0. The number of hydrogen-bond acceptors (Lipinski definition) is 4. The summed E-state index contributed by atoms with van der Waals surface area (Å²) in [5.74, 6) is -0.124. The molecule has 2 heterocycles. The average Bonchev–Trinajstić information content (AvgIpc) is 3.26. The Bertz CT molecular complexity index is 787. The standard InChI is InChI=1S/C22H29N3O2S/c1-3-24(4-2)15-17-8-5-10-19(14-17)23-21(26)18-9-6-12-25(16-18)22(27)20-11-7-13-28-20/h5,7-8,10-11,13-14,18H,3-4,6,9,12,15-16H2,1-2H3,(H,23,26). The smallest absolute Gasteiger partial charge is 0.263 e. The van der Waals surface area contributed by atoms with Gasteiger partial charge in [-0.3, -0.25) is 14.5 Å². The molecule has 2 amide bonds. The Balaban J connectivity index is 1.60. The summed E-state index contributed by atoms with van der Waals surface area (Å²) >= 11 is 1.45. The van der Waals surface area contributed by atoms with E-state index in [0.717, 1.165) is 49.6 Å². The first-order valence-corrected chi connectivity index (χ1v) is 10.9. The van der Waals surface area contributed by atoms with Crippen LogP contribution in [0.25, 0.3) is 0 Å². The Labute approximate surface area is 171 Å². The number of benzene rings is 1. The van der Waals surface area contributed by atoms with Crippen LogP contribution in [0.5, 0.6) is 0 Å². The molecule has 1 unspecified atom stereocenters. The third kappa shape index (κ3) is 5.20. The number of piperidine rings is 1. The molecule has 1 aliphatic heterocycles. The number of anilines is 1. The predicted molar refractivity (Wildman–Crippen MR) is 115 cm³/mol. The second-order valence-corrected chi connectivity index (χ2v) is 8.17. The number of hydrogen-bond donors (Lipinski definition) is 1. The molecule has 0 radical (unpaired) electrons. The Morgan fingerprint density at radius 1 is 1.21 bits per heavy atom. The molecular weight excluding hydrogens is 370 g/mol. The van der Waals surface area contributed by atoms with Crippen LogP contribution in [0.3, 0.4) is 0 Å². The molecule has 1 N–H and O–H groups in total. The number of carbonyl (C=O) groups excluding carboxylic acids is 2. The van der Waals surface area contributed by atoms with E-state index in [1.807, 2.05) is 40.6 Å². The van der Waals surface area contributed by atoms with Gasteiger partial charge in [0.1, 0.15) is 0 Å². The van der Waals surface area contributed by atoms with Gasteiger partial charge < -0.3 is 10.2 Å². The summed E-state index contributed by atoms with van der Waals surface area (Å²) < 4.78 is 0. The van der Waals surface area contributed by atoms with E-state index in [1.54, 1.807) is 0 Å². The van der Waals surface area contributed by atoms with Crippen LogP contribution in [0.15, 0.2) is 41.8 Å². The fourth-order valence-corrected chi connectivity index (χ4v) is 4.32. The fraction of sp³-hybridized carbons (Fsp3) is 0.455. The lowest BCUT2D eigenvalue weighted by molar-refractivity contribution is -0.121. The van der Waals surface area contributed by atoms with Crippen LogP contribution >= 0.6 is 11.3 Å². The molecule has 1 atom stereocenters. The number of carbonyl (C=O) groups is 2. The normalized spacial score (nSPS) is 17.0. The minimum atomic E-state index is -0.163. The maximum atomic E-state index is 12.8. The van der Waals surface area contributed by atoms with Gasteiger partial charge in [0.15, 0.2) is 0 Å². The highest BCUT2D eigenvalue weighted by Crippen LogP contribution is 2.22. The van der Waals surface area contributed by atoms with Crippen molar-refractivity contribution in [1.82, 2.24) is 9.80 Å². The summed E-state index contributed by atoms with van der Waals surface area (Å²) in [6.45, 7) is 8.40. The first-order valence-electron chi connectivity index (χ1n) is 10.1. The van der Waals surface area contributed by atoms with Gasteiger partial charge in [-0.05, 0) is 55.1 Å². The molecule has 2 aromatic rings. The van der Waals surface area contributed by atoms with Crippen LogP contribution in [0, 0.1) is 5.92 Å². The average molecular weight is 400 g/mol. The van der Waals surface area contributed by atoms with Gasteiger partial charge >= 0.3 is 0 Å². The minimum absolute atomic E-state index is 0.00340. The Morgan fingerprint density at radius 2 is 2.04 bits per heavy atom. The van der Waals surface area contributed by atoms with Crippen molar-refractivity contribution in [3.05, 3.63) is 52.2 Å². The van der Waals surface area contributed by atoms with Crippen molar-refractivity contribution < 1.29 is 9.59 Å². The van der Waals surface area contributed by atoms with Gasteiger partial charge in [0.2, 0.25) is 5.91 Å². The van der Waals surface area contributed by atoms with Crippen molar-refractivity contribution in [2.24, 2.45) is 5.92 Å². The van der Waals surface area contributed by atoms with E-state index >= 15 is 0 Å². The third-order valence-electron chi connectivity index (χ3n) is 5.31. The summed E-state index contributed by atoms with van der Waals surface area (Å²) in [5.41, 5.74) is 2.02. The van der Waals surface area contributed by atoms with Gasteiger partial charge in [0, 0.05) is 25.3 Å². The molecular formula is C22H29N3O2S. The largest absolute Gasteiger partial charge is 0.337 e. The molecule has 1 fully saturated rings. The molecule has 28 heavy (non-hydrogen) atoms. The van der Waals surface area contributed by atoms with Gasteiger partial charge in [0.25, 0.3) is 5.91 Å². The lowest BCUT2D eigenvalue weighted by atomic mass is 9.96. The molecule has 150 valence electrons. The zero-order chi connectivity index (χ0) is 19.9. The molecule has 0 bridgehead atoms. The highest BCUT2D eigenvalue weighted by atomic mass is 32.1. The number of thiophene rings is 1. The third-order valence-corrected chi connectivity index (χ3v) is 6.16. The maximum Gasteiger partial charge on any atom is 0.263 e. The highest BCUT2D eigenvalue weighted by Gasteiger charge is 2.29. The molecule has 1 aromatic heterocycles. The number of rotatable bonds is 7. The maximum absolute atomic E-state index is 12.8. The van der Waals surface area contributed by atoms with Crippen molar-refractivity contribution in [1.29, 1.82) is 0 Å². The van der Waals surface area contributed by atoms with E-state index in [0.29, 0.717) is 6.54 Å². The Morgan fingerprint density at radius 3 is 2.75 bits per heavy atom. The van der Waals surface area contributed by atoms with Crippen molar-refractivity contribution >= 4 is 28.8 Å². The molecule has 3 rings (SSSR count). The van der Waals surface area contributed by atoms with Gasteiger partial charge in [0.05, 0.1) is 10.8 Å². The highest BCUT2D eigenvalue weighted by molar-refractivity contribution is 7.12.